The van der Waals surface area contributed by atoms with Gasteiger partial charge in [-0.25, -0.2) is 4.79 Å². The van der Waals surface area contributed by atoms with Crippen molar-refractivity contribution in [3.63, 3.8) is 0 Å². The predicted molar refractivity (Wildman–Crippen MR) is 104 cm³/mol. The number of fused-ring (bicyclic) bond motifs is 1. The molecule has 0 saturated heterocycles. The van der Waals surface area contributed by atoms with Crippen LogP contribution in [0.1, 0.15) is 42.7 Å². The van der Waals surface area contributed by atoms with E-state index in [1.54, 1.807) is 4.57 Å². The Morgan fingerprint density at radius 2 is 1.92 bits per heavy atom. The Morgan fingerprint density at radius 1 is 1.12 bits per heavy atom. The van der Waals surface area contributed by atoms with Gasteiger partial charge in [0.25, 0.3) is 0 Å². The lowest BCUT2D eigenvalue weighted by Gasteiger charge is -2.16. The summed E-state index contributed by atoms with van der Waals surface area (Å²) in [5, 5.41) is 4.37. The smallest absolute Gasteiger partial charge is 0.354 e. The van der Waals surface area contributed by atoms with Gasteiger partial charge in [0.15, 0.2) is 0 Å². The average molecular weight is 341 g/mol. The zero-order valence-electron chi connectivity index (χ0n) is 14.4. The lowest BCUT2D eigenvalue weighted by atomic mass is 10.1. The monoisotopic (exact) mass is 341 g/mol. The quantitative estimate of drug-likeness (QED) is 0.734. The molecule has 4 nitrogen and oxygen atoms in total. The van der Waals surface area contributed by atoms with E-state index in [4.69, 9.17) is 6.42 Å². The molecule has 5 rings (SSSR count). The van der Waals surface area contributed by atoms with Crippen molar-refractivity contribution in [2.24, 2.45) is 0 Å². The number of para-hydroxylation sites is 1. The molecule has 0 unspecified atom stereocenters. The van der Waals surface area contributed by atoms with E-state index in [-0.39, 0.29) is 5.69 Å². The number of rotatable bonds is 4. The van der Waals surface area contributed by atoms with Gasteiger partial charge in [-0.05, 0) is 61.4 Å². The predicted octanol–water partition coefficient (Wildman–Crippen LogP) is 3.82. The number of nitrogens with zero attached hydrogens (tertiary/aromatic N) is 2. The molecule has 26 heavy (non-hydrogen) atoms. The molecule has 1 aromatic heterocycles. The Labute approximate surface area is 151 Å². The van der Waals surface area contributed by atoms with Gasteiger partial charge < -0.3 is 5.32 Å². The van der Waals surface area contributed by atoms with Crippen LogP contribution in [0.5, 0.6) is 0 Å². The Balaban J connectivity index is 1.81. The molecule has 2 fully saturated rings. The second-order valence-electron chi connectivity index (χ2n) is 7.21. The molecule has 2 aliphatic carbocycles. The highest BCUT2D eigenvalue weighted by Crippen LogP contribution is 2.41. The molecular formula is C22H19N3O. The van der Waals surface area contributed by atoms with E-state index in [1.807, 2.05) is 24.3 Å². The first-order valence-electron chi connectivity index (χ1n) is 9.14. The number of aromatic nitrogens is 2. The van der Waals surface area contributed by atoms with Crippen molar-refractivity contribution < 1.29 is 0 Å². The van der Waals surface area contributed by atoms with Crippen molar-refractivity contribution in [2.45, 2.75) is 37.6 Å². The van der Waals surface area contributed by atoms with Crippen molar-refractivity contribution in [3.05, 3.63) is 64.1 Å². The Kier molecular flexibility index (Phi) is 3.36. The number of anilines is 1. The van der Waals surface area contributed by atoms with Crippen LogP contribution in [-0.4, -0.2) is 15.6 Å². The minimum atomic E-state index is -0.295. The van der Waals surface area contributed by atoms with Gasteiger partial charge in [0, 0.05) is 17.0 Å². The topological polar surface area (TPSA) is 46.9 Å². The van der Waals surface area contributed by atoms with E-state index in [0.29, 0.717) is 29.0 Å². The van der Waals surface area contributed by atoms with Crippen LogP contribution in [0, 0.1) is 12.3 Å². The fourth-order valence-electron chi connectivity index (χ4n) is 3.47. The number of nitrogens with one attached hydrogen (secondary N) is 1. The van der Waals surface area contributed by atoms with Crippen molar-refractivity contribution >= 4 is 16.7 Å². The molecule has 0 radical (unpaired) electrons. The number of hydrogen-bond donors (Lipinski definition) is 1. The maximum atomic E-state index is 13.0. The summed E-state index contributed by atoms with van der Waals surface area (Å²) in [4.78, 5) is 17.3. The Morgan fingerprint density at radius 3 is 2.65 bits per heavy atom. The molecule has 128 valence electrons. The first-order chi connectivity index (χ1) is 12.7. The average Bonchev–Trinajstić information content (AvgIpc) is 3.55. The first kappa shape index (κ1) is 15.2. The largest absolute Gasteiger partial charge is 0.367 e. The maximum Gasteiger partial charge on any atom is 0.354 e. The summed E-state index contributed by atoms with van der Waals surface area (Å²) in [5.74, 6) is 3.98. The molecule has 0 spiro atoms. The lowest BCUT2D eigenvalue weighted by Crippen LogP contribution is -2.24. The summed E-state index contributed by atoms with van der Waals surface area (Å²) in [5.41, 5.74) is 3.27. The van der Waals surface area contributed by atoms with Crippen LogP contribution in [0.4, 0.5) is 5.82 Å². The van der Waals surface area contributed by atoms with Gasteiger partial charge in [-0.15, -0.1) is 6.42 Å². The van der Waals surface area contributed by atoms with Crippen LogP contribution in [0.2, 0.25) is 0 Å². The third-order valence-corrected chi connectivity index (χ3v) is 5.18. The minimum absolute atomic E-state index is 0.295. The molecule has 1 heterocycles. The SMILES string of the molecule is C#Cc1ccccc1-n1c(=O)nc(NC2CC2)c2ccc(C3CC3)cc21. The number of terminal acetylenes is 1. The highest BCUT2D eigenvalue weighted by atomic mass is 16.1. The van der Waals surface area contributed by atoms with Crippen LogP contribution in [0.25, 0.3) is 16.6 Å². The second kappa shape index (κ2) is 5.74. The molecule has 2 aromatic carbocycles. The molecule has 4 heteroatoms. The van der Waals surface area contributed by atoms with Gasteiger partial charge in [-0.2, -0.15) is 4.98 Å². The third kappa shape index (κ3) is 2.57. The van der Waals surface area contributed by atoms with E-state index in [0.717, 1.165) is 23.7 Å². The Bertz CT molecular complexity index is 1110. The zero-order chi connectivity index (χ0) is 17.7. The van der Waals surface area contributed by atoms with Crippen molar-refractivity contribution in [3.8, 4) is 18.0 Å². The van der Waals surface area contributed by atoms with E-state index in [1.165, 1.54) is 18.4 Å². The van der Waals surface area contributed by atoms with E-state index < -0.39 is 0 Å². The molecule has 2 saturated carbocycles. The minimum Gasteiger partial charge on any atom is -0.367 e. The van der Waals surface area contributed by atoms with E-state index >= 15 is 0 Å². The normalized spacial score (nSPS) is 16.4. The van der Waals surface area contributed by atoms with Gasteiger partial charge in [0.05, 0.1) is 11.2 Å². The summed E-state index contributed by atoms with van der Waals surface area (Å²) in [7, 11) is 0. The highest BCUT2D eigenvalue weighted by molar-refractivity contribution is 5.91. The third-order valence-electron chi connectivity index (χ3n) is 5.18. The van der Waals surface area contributed by atoms with Crippen LogP contribution < -0.4 is 11.0 Å². The van der Waals surface area contributed by atoms with Crippen molar-refractivity contribution in [1.29, 1.82) is 0 Å². The van der Waals surface area contributed by atoms with Crippen LogP contribution in [0.3, 0.4) is 0 Å². The van der Waals surface area contributed by atoms with Crippen LogP contribution in [-0.2, 0) is 0 Å². The maximum absolute atomic E-state index is 13.0. The molecule has 3 aromatic rings. The lowest BCUT2D eigenvalue weighted by molar-refractivity contribution is 0.947. The first-order valence-corrected chi connectivity index (χ1v) is 9.14. The van der Waals surface area contributed by atoms with Gasteiger partial charge in [0.2, 0.25) is 0 Å². The number of hydrogen-bond acceptors (Lipinski definition) is 3. The standard InChI is InChI=1S/C22H19N3O/c1-2-14-5-3-4-6-19(14)25-20-13-16(15-7-8-15)9-12-18(20)21(24-22(25)26)23-17-10-11-17/h1,3-6,9,12-13,15,17H,7-8,10-11H2,(H,23,24,26). The highest BCUT2D eigenvalue weighted by Gasteiger charge is 2.26. The van der Waals surface area contributed by atoms with E-state index in [2.05, 4.69) is 34.4 Å². The molecule has 0 bridgehead atoms. The summed E-state index contributed by atoms with van der Waals surface area (Å²) >= 11 is 0. The summed E-state index contributed by atoms with van der Waals surface area (Å²) in [6.07, 6.45) is 10.4. The molecule has 2 aliphatic rings. The second-order valence-corrected chi connectivity index (χ2v) is 7.21. The summed E-state index contributed by atoms with van der Waals surface area (Å²) < 4.78 is 1.66. The molecule has 0 amide bonds. The van der Waals surface area contributed by atoms with Crippen molar-refractivity contribution in [2.75, 3.05) is 5.32 Å². The Hall–Kier alpha value is -3.06. The van der Waals surface area contributed by atoms with Crippen molar-refractivity contribution in [1.82, 2.24) is 9.55 Å². The molecule has 0 aliphatic heterocycles. The fourth-order valence-corrected chi connectivity index (χ4v) is 3.47. The molecule has 0 atom stereocenters. The fraction of sp³-hybridized carbons (Fsp3) is 0.273. The van der Waals surface area contributed by atoms with Crippen LogP contribution in [0.15, 0.2) is 47.3 Å². The van der Waals surface area contributed by atoms with Gasteiger partial charge in [-0.3, -0.25) is 4.57 Å². The summed E-state index contributed by atoms with van der Waals surface area (Å²) in [6, 6.07) is 14.4. The summed E-state index contributed by atoms with van der Waals surface area (Å²) in [6.45, 7) is 0. The van der Waals surface area contributed by atoms with Crippen LogP contribution >= 0.6 is 0 Å². The van der Waals surface area contributed by atoms with E-state index in [9.17, 15) is 4.79 Å². The van der Waals surface area contributed by atoms with Gasteiger partial charge >= 0.3 is 5.69 Å². The zero-order valence-corrected chi connectivity index (χ0v) is 14.4. The number of benzene rings is 2. The van der Waals surface area contributed by atoms with Gasteiger partial charge in [0.1, 0.15) is 5.82 Å². The molecule has 1 N–H and O–H groups in total. The van der Waals surface area contributed by atoms with Gasteiger partial charge in [-0.1, -0.05) is 24.1 Å². The molecular weight excluding hydrogens is 322 g/mol.